The Morgan fingerprint density at radius 2 is 1.20 bits per heavy atom. The van der Waals surface area contributed by atoms with Crippen molar-refractivity contribution in [1.82, 2.24) is 17.5 Å². The molecule has 0 spiro atoms. The number of aromatic nitrogens is 4. The van der Waals surface area contributed by atoms with Crippen LogP contribution in [0.4, 0.5) is 0 Å². The van der Waals surface area contributed by atoms with Gasteiger partial charge in [-0.25, -0.2) is 8.42 Å². The second kappa shape index (κ2) is 16.3. The summed E-state index contributed by atoms with van der Waals surface area (Å²) in [5.41, 5.74) is 4.36. The van der Waals surface area contributed by atoms with Crippen LogP contribution in [0.1, 0.15) is 67.7 Å². The first kappa shape index (κ1) is 41.0. The van der Waals surface area contributed by atoms with Crippen LogP contribution in [0.15, 0.2) is 71.6 Å². The summed E-state index contributed by atoms with van der Waals surface area (Å²) in [5, 5.41) is 21.2. The number of carbonyl (C=O) groups excluding carboxylic acids is 2. The molecule has 0 saturated heterocycles. The van der Waals surface area contributed by atoms with Crippen molar-refractivity contribution in [2.24, 2.45) is 0 Å². The molecule has 14 nitrogen and oxygen atoms in total. The summed E-state index contributed by atoms with van der Waals surface area (Å²) in [5.74, 6) is -0.274. The maximum atomic E-state index is 12.6. The summed E-state index contributed by atoms with van der Waals surface area (Å²) in [6, 6.07) is 18.1. The van der Waals surface area contributed by atoms with Gasteiger partial charge in [0.15, 0.2) is 11.6 Å². The van der Waals surface area contributed by atoms with Gasteiger partial charge in [0.2, 0.25) is 0 Å². The Balaban J connectivity index is 0.000000295. The second-order valence-corrected chi connectivity index (χ2v) is 12.6. The minimum Gasteiger partial charge on any atom is -1.00 e. The number of halogens is 1. The van der Waals surface area contributed by atoms with E-state index in [1.807, 2.05) is 0 Å². The third kappa shape index (κ3) is 7.63. The zero-order chi connectivity index (χ0) is 32.9. The van der Waals surface area contributed by atoms with E-state index in [0.29, 0.717) is 44.4 Å². The van der Waals surface area contributed by atoms with Gasteiger partial charge >= 0.3 is 69.7 Å². The van der Waals surface area contributed by atoms with Gasteiger partial charge in [0, 0.05) is 22.3 Å². The van der Waals surface area contributed by atoms with Gasteiger partial charge in [-0.1, -0.05) is 48.5 Å². The first-order chi connectivity index (χ1) is 21.9. The van der Waals surface area contributed by atoms with Crippen molar-refractivity contribution >= 4 is 90.2 Å². The molecule has 2 aromatic heterocycles. The minimum absolute atomic E-state index is 0. The van der Waals surface area contributed by atoms with E-state index in [1.165, 1.54) is 0 Å². The van der Waals surface area contributed by atoms with E-state index in [-0.39, 0.29) is 107 Å². The fourth-order valence-corrected chi connectivity index (χ4v) is 7.24. The molecule has 0 amide bonds. The standard InChI is InChI=1S/C14H10N2O5S2.C14H6N2O2S.ClH.2Na.O3S.H/c17-13-6-3-1-2-4-7(6)14(18)10-8(13)5-9(23(19,20)21)11-12(10)16-22-15-11;17-13-7-3-1-2-4-8(7)14(18)11-9(13)5-6-10-12(11)16-19-15-10;;;;1-4(2)3;/h1-5,13-14,17-18H,(H,19,20,21);1-6H;1H;;;;/q;;;2*+1;;-1/p-1. The van der Waals surface area contributed by atoms with Crippen LogP contribution >= 0.6 is 35.9 Å². The van der Waals surface area contributed by atoms with E-state index in [0.717, 1.165) is 29.5 Å². The molecule has 0 aliphatic heterocycles. The van der Waals surface area contributed by atoms with Crippen molar-refractivity contribution in [2.45, 2.75) is 17.1 Å². The van der Waals surface area contributed by atoms with Crippen LogP contribution in [0, 0.1) is 0 Å². The third-order valence-electron chi connectivity index (χ3n) is 7.31. The Labute approximate surface area is 338 Å². The smallest absolute Gasteiger partial charge is 1.00 e. The molecule has 2 aliphatic rings. The summed E-state index contributed by atoms with van der Waals surface area (Å²) in [6.07, 6.45) is -2.24. The number of benzene rings is 4. The zero-order valence-corrected chi connectivity index (χ0v) is 33.1. The Bertz CT molecular complexity index is 2480. The molecule has 2 atom stereocenters. The summed E-state index contributed by atoms with van der Waals surface area (Å²) in [4.78, 5) is 24.4. The molecule has 49 heavy (non-hydrogen) atoms. The number of nitrogens with zero attached hydrogens (tertiary/aromatic N) is 4. The molecule has 4 aromatic carbocycles. The van der Waals surface area contributed by atoms with Gasteiger partial charge in [0.25, 0.3) is 0 Å². The third-order valence-corrected chi connectivity index (χ3v) is 9.23. The molecule has 21 heteroatoms. The fraction of sp³-hybridized carbons (Fsp3) is 0.0714. The number of aliphatic hydroxyl groups excluding tert-OH is 2. The fourth-order valence-electron chi connectivity index (χ4n) is 5.42. The average molecular weight is 779 g/mol. The van der Waals surface area contributed by atoms with E-state index in [2.05, 4.69) is 17.5 Å². The molecule has 0 bridgehead atoms. The summed E-state index contributed by atoms with van der Waals surface area (Å²) >= 11 is 1.79. The predicted octanol–water partition coefficient (Wildman–Crippen LogP) is -2.92. The average Bonchev–Trinajstić information content (AvgIpc) is 3.71. The van der Waals surface area contributed by atoms with E-state index >= 15 is 0 Å². The van der Waals surface area contributed by atoms with Gasteiger partial charge in [-0.2, -0.15) is 17.5 Å². The van der Waals surface area contributed by atoms with Crippen LogP contribution in [0.3, 0.4) is 0 Å². The minimum atomic E-state index is -4.79. The largest absolute Gasteiger partial charge is 1.00 e. The molecule has 2 aliphatic carbocycles. The number of carbonyl (C=O) groups is 2. The van der Waals surface area contributed by atoms with Crippen molar-refractivity contribution in [3.05, 3.63) is 111 Å². The molecule has 2 N–H and O–H groups in total. The molecule has 0 saturated carbocycles. The van der Waals surface area contributed by atoms with Crippen molar-refractivity contribution in [3.8, 4) is 0 Å². The van der Waals surface area contributed by atoms with Gasteiger partial charge in [0.1, 0.15) is 44.4 Å². The quantitative estimate of drug-likeness (QED) is 0.126. The van der Waals surface area contributed by atoms with Crippen LogP contribution < -0.4 is 59.1 Å². The van der Waals surface area contributed by atoms with Crippen molar-refractivity contribution in [1.29, 1.82) is 0 Å². The maximum absolute atomic E-state index is 12.6. The van der Waals surface area contributed by atoms with Gasteiger partial charge in [-0.3, -0.25) is 9.59 Å². The number of hydrogen-bond donors (Lipinski definition) is 2. The van der Waals surface area contributed by atoms with Gasteiger partial charge in [-0.05, 0) is 34.9 Å². The number of aliphatic hydroxyl groups is 2. The Hall–Kier alpha value is -2.40. The van der Waals surface area contributed by atoms with Crippen molar-refractivity contribution in [2.75, 3.05) is 0 Å². The molecule has 6 aromatic rings. The number of rotatable bonds is 1. The summed E-state index contributed by atoms with van der Waals surface area (Å²) in [7, 11) is -7.90. The van der Waals surface area contributed by atoms with Crippen LogP contribution in [-0.4, -0.2) is 64.9 Å². The maximum Gasteiger partial charge on any atom is 1.00 e. The zero-order valence-electron chi connectivity index (χ0n) is 26.0. The van der Waals surface area contributed by atoms with E-state index in [1.54, 1.807) is 60.7 Å². The van der Waals surface area contributed by atoms with Gasteiger partial charge in [-0.15, -0.1) is 25.0 Å². The second-order valence-electron chi connectivity index (χ2n) is 9.76. The van der Waals surface area contributed by atoms with Crippen molar-refractivity contribution in [3.63, 3.8) is 0 Å². The van der Waals surface area contributed by atoms with Gasteiger partial charge < -0.3 is 16.2 Å². The Morgan fingerprint density at radius 3 is 1.82 bits per heavy atom. The molecular formula is C28H17ClN4Na2O10S4. The predicted molar refractivity (Wildman–Crippen MR) is 169 cm³/mol. The van der Waals surface area contributed by atoms with Crippen molar-refractivity contribution < 1.29 is 106 Å². The molecule has 0 radical (unpaired) electrons. The molecule has 242 valence electrons. The molecular weight excluding hydrogens is 762 g/mol. The first-order valence-corrected chi connectivity index (χ1v) is 16.7. The number of ketones is 2. The topological polar surface area (TPSA) is 235 Å². The first-order valence-electron chi connectivity index (χ1n) is 12.8. The SMILES string of the molecule is Cl.O=C1c2ccccc2C(=O)c2c1ccc1nsnc21.O=S(=O)([O-])c1cc2c(c3nsnc13)C(O)c1ccccc1C2O.O=S(=O)=O.[H-].[Na+].[Na+]. The molecule has 8 rings (SSSR count). The number of hydrogen-bond acceptors (Lipinski definition) is 16. The van der Waals surface area contributed by atoms with Crippen LogP contribution in [0.2, 0.25) is 0 Å². The molecule has 0 fully saturated rings. The summed E-state index contributed by atoms with van der Waals surface area (Å²) < 4.78 is 76.0. The van der Waals surface area contributed by atoms with E-state index in [9.17, 15) is 32.8 Å². The number of fused-ring (bicyclic) bond motifs is 8. The molecule has 2 heterocycles. The van der Waals surface area contributed by atoms with Crippen LogP contribution in [-0.2, 0) is 20.7 Å². The van der Waals surface area contributed by atoms with Crippen LogP contribution in [0.5, 0.6) is 0 Å². The van der Waals surface area contributed by atoms with E-state index < -0.39 is 37.8 Å². The van der Waals surface area contributed by atoms with Crippen LogP contribution in [0.25, 0.3) is 22.1 Å². The Morgan fingerprint density at radius 1 is 0.694 bits per heavy atom. The van der Waals surface area contributed by atoms with Gasteiger partial charge in [0.05, 0.1) is 33.9 Å². The summed E-state index contributed by atoms with van der Waals surface area (Å²) in [6.45, 7) is 0. The van der Waals surface area contributed by atoms with E-state index in [4.69, 9.17) is 12.6 Å². The molecule has 2 unspecified atom stereocenters. The Kier molecular flexibility index (Phi) is 13.6. The monoisotopic (exact) mass is 778 g/mol. The normalized spacial score (nSPS) is 15.2.